The fraction of sp³-hybridized carbons (Fsp3) is 0.538. The molecule has 0 saturated carbocycles. The zero-order chi connectivity index (χ0) is 15.8. The van der Waals surface area contributed by atoms with E-state index in [1.807, 2.05) is 0 Å². The fourth-order valence-electron chi connectivity index (χ4n) is 2.32. The summed E-state index contributed by atoms with van der Waals surface area (Å²) >= 11 is 0. The number of aliphatic hydroxyl groups is 1. The largest absolute Gasteiger partial charge is 0.416 e. The maximum Gasteiger partial charge on any atom is 0.416 e. The highest BCUT2D eigenvalue weighted by atomic mass is 19.4. The molecule has 0 aliphatic carbocycles. The number of halogens is 6. The number of aliphatic hydroxyl groups excluding tert-OH is 1. The Morgan fingerprint density at radius 1 is 1.00 bits per heavy atom. The lowest BCUT2D eigenvalue weighted by molar-refractivity contribution is -0.143. The second kappa shape index (κ2) is 5.49. The van der Waals surface area contributed by atoms with Gasteiger partial charge in [0.25, 0.3) is 0 Å². The van der Waals surface area contributed by atoms with Crippen molar-refractivity contribution in [2.75, 3.05) is 13.1 Å². The number of hydrogen-bond donors (Lipinski definition) is 1. The molecular weight excluding hydrogens is 300 g/mol. The first kappa shape index (κ1) is 16.1. The molecule has 21 heavy (non-hydrogen) atoms. The summed E-state index contributed by atoms with van der Waals surface area (Å²) in [5.41, 5.74) is -2.69. The van der Waals surface area contributed by atoms with E-state index in [1.54, 1.807) is 4.90 Å². The number of β-amino-alcohol motifs (C(OH)–C–C–N with tert-alkyl or cyclic N) is 1. The van der Waals surface area contributed by atoms with Crippen LogP contribution < -0.4 is 0 Å². The molecule has 1 aliphatic heterocycles. The Morgan fingerprint density at radius 3 is 1.90 bits per heavy atom. The predicted octanol–water partition coefficient (Wildman–Crippen LogP) is 3.29. The number of alkyl halides is 6. The van der Waals surface area contributed by atoms with Gasteiger partial charge in [-0.3, -0.25) is 4.90 Å². The quantitative estimate of drug-likeness (QED) is 0.847. The van der Waals surface area contributed by atoms with Gasteiger partial charge in [-0.15, -0.1) is 0 Å². The molecule has 0 unspecified atom stereocenters. The van der Waals surface area contributed by atoms with Crippen LogP contribution in [-0.2, 0) is 18.9 Å². The molecule has 0 aromatic heterocycles. The number of hydrogen-bond acceptors (Lipinski definition) is 2. The topological polar surface area (TPSA) is 23.5 Å². The molecule has 2 rings (SSSR count). The molecule has 0 spiro atoms. The summed E-state index contributed by atoms with van der Waals surface area (Å²) in [5, 5.41) is 9.34. The molecule has 0 radical (unpaired) electrons. The highest BCUT2D eigenvalue weighted by molar-refractivity contribution is 5.33. The smallest absolute Gasteiger partial charge is 0.392 e. The van der Waals surface area contributed by atoms with E-state index in [0.29, 0.717) is 13.0 Å². The van der Waals surface area contributed by atoms with Crippen LogP contribution in [-0.4, -0.2) is 29.2 Å². The lowest BCUT2D eigenvalue weighted by Crippen LogP contribution is -2.22. The van der Waals surface area contributed by atoms with Crippen molar-refractivity contribution in [1.29, 1.82) is 0 Å². The SMILES string of the molecule is O[C@@H]1CCN(Cc2cc(C(F)(F)F)cc(C(F)(F)F)c2)C1. The molecule has 118 valence electrons. The molecule has 1 fully saturated rings. The van der Waals surface area contributed by atoms with Crippen LogP contribution in [0.15, 0.2) is 18.2 Å². The summed E-state index contributed by atoms with van der Waals surface area (Å²) < 4.78 is 76.1. The lowest BCUT2D eigenvalue weighted by atomic mass is 10.0. The summed E-state index contributed by atoms with van der Waals surface area (Å²) in [6.45, 7) is 0.639. The second-order valence-electron chi connectivity index (χ2n) is 5.09. The van der Waals surface area contributed by atoms with Crippen molar-refractivity contribution < 1.29 is 31.4 Å². The van der Waals surface area contributed by atoms with Gasteiger partial charge in [0.2, 0.25) is 0 Å². The second-order valence-corrected chi connectivity index (χ2v) is 5.09. The Bertz CT molecular complexity index is 478. The van der Waals surface area contributed by atoms with Crippen LogP contribution in [0, 0.1) is 0 Å². The van der Waals surface area contributed by atoms with Gasteiger partial charge in [-0.1, -0.05) is 0 Å². The van der Waals surface area contributed by atoms with Crippen molar-refractivity contribution in [1.82, 2.24) is 4.90 Å². The third-order valence-electron chi connectivity index (χ3n) is 3.30. The van der Waals surface area contributed by atoms with Crippen LogP contribution in [0.5, 0.6) is 0 Å². The van der Waals surface area contributed by atoms with Gasteiger partial charge in [0, 0.05) is 19.6 Å². The van der Waals surface area contributed by atoms with E-state index in [0.717, 1.165) is 12.1 Å². The fourth-order valence-corrected chi connectivity index (χ4v) is 2.32. The maximum absolute atomic E-state index is 12.7. The summed E-state index contributed by atoms with van der Waals surface area (Å²) in [6.07, 6.45) is -9.79. The van der Waals surface area contributed by atoms with E-state index in [9.17, 15) is 31.4 Å². The summed E-state index contributed by atoms with van der Waals surface area (Å²) in [4.78, 5) is 1.63. The van der Waals surface area contributed by atoms with E-state index in [2.05, 4.69) is 0 Å². The monoisotopic (exact) mass is 313 g/mol. The Balaban J connectivity index is 2.31. The number of rotatable bonds is 2. The van der Waals surface area contributed by atoms with Gasteiger partial charge in [-0.25, -0.2) is 0 Å². The van der Waals surface area contributed by atoms with E-state index < -0.39 is 29.6 Å². The number of benzene rings is 1. The summed E-state index contributed by atoms with van der Waals surface area (Å²) in [6, 6.07) is 1.56. The van der Waals surface area contributed by atoms with Gasteiger partial charge >= 0.3 is 12.4 Å². The van der Waals surface area contributed by atoms with Crippen LogP contribution in [0.4, 0.5) is 26.3 Å². The van der Waals surface area contributed by atoms with Crippen molar-refractivity contribution in [3.63, 3.8) is 0 Å². The molecule has 1 aliphatic rings. The summed E-state index contributed by atoms with van der Waals surface area (Å²) in [7, 11) is 0. The van der Waals surface area contributed by atoms with Gasteiger partial charge in [-0.05, 0) is 30.2 Å². The van der Waals surface area contributed by atoms with Gasteiger partial charge in [0.05, 0.1) is 17.2 Å². The van der Waals surface area contributed by atoms with Crippen LogP contribution in [0.2, 0.25) is 0 Å². The summed E-state index contributed by atoms with van der Waals surface area (Å²) in [5.74, 6) is 0. The maximum atomic E-state index is 12.7. The molecule has 1 atom stereocenters. The van der Waals surface area contributed by atoms with Crippen LogP contribution >= 0.6 is 0 Å². The first-order chi connectivity index (χ1) is 9.55. The Morgan fingerprint density at radius 2 is 1.52 bits per heavy atom. The molecule has 0 amide bonds. The standard InChI is InChI=1S/C13H13F6NO/c14-12(15,16)9-3-8(4-10(5-9)13(17,18)19)6-20-2-1-11(21)7-20/h3-5,11,21H,1-2,6-7H2/t11-/m1/s1. The Hall–Kier alpha value is -1.28. The minimum Gasteiger partial charge on any atom is -0.392 e. The highest BCUT2D eigenvalue weighted by Crippen LogP contribution is 2.36. The first-order valence-corrected chi connectivity index (χ1v) is 6.24. The van der Waals surface area contributed by atoms with Gasteiger partial charge in [0.15, 0.2) is 0 Å². The molecule has 1 heterocycles. The molecule has 0 bridgehead atoms. The minimum absolute atomic E-state index is 0.0515. The molecule has 1 saturated heterocycles. The molecule has 2 nitrogen and oxygen atoms in total. The van der Waals surface area contributed by atoms with Crippen molar-refractivity contribution in [2.24, 2.45) is 0 Å². The number of nitrogens with zero attached hydrogens (tertiary/aromatic N) is 1. The lowest BCUT2D eigenvalue weighted by Gasteiger charge is -2.18. The van der Waals surface area contributed by atoms with E-state index in [1.165, 1.54) is 0 Å². The Labute approximate surface area is 117 Å². The van der Waals surface area contributed by atoms with Crippen molar-refractivity contribution >= 4 is 0 Å². The average molecular weight is 313 g/mol. The normalized spacial score (nSPS) is 21.0. The van der Waals surface area contributed by atoms with Crippen LogP contribution in [0.3, 0.4) is 0 Å². The zero-order valence-electron chi connectivity index (χ0n) is 10.8. The third kappa shape index (κ3) is 4.10. The van der Waals surface area contributed by atoms with Gasteiger partial charge in [-0.2, -0.15) is 26.3 Å². The average Bonchev–Trinajstić information content (AvgIpc) is 2.72. The molecule has 1 aromatic rings. The third-order valence-corrected chi connectivity index (χ3v) is 3.30. The van der Waals surface area contributed by atoms with Gasteiger partial charge in [0.1, 0.15) is 0 Å². The van der Waals surface area contributed by atoms with E-state index in [4.69, 9.17) is 0 Å². The van der Waals surface area contributed by atoms with E-state index in [-0.39, 0.29) is 24.7 Å². The van der Waals surface area contributed by atoms with Crippen molar-refractivity contribution in [2.45, 2.75) is 31.4 Å². The molecule has 1 aromatic carbocycles. The zero-order valence-corrected chi connectivity index (χ0v) is 10.8. The van der Waals surface area contributed by atoms with Crippen LogP contribution in [0.25, 0.3) is 0 Å². The molecule has 8 heteroatoms. The number of likely N-dealkylation sites (tertiary alicyclic amines) is 1. The van der Waals surface area contributed by atoms with Crippen molar-refractivity contribution in [3.05, 3.63) is 34.9 Å². The highest BCUT2D eigenvalue weighted by Gasteiger charge is 2.37. The minimum atomic E-state index is -4.83. The predicted molar refractivity (Wildman–Crippen MR) is 62.3 cm³/mol. The van der Waals surface area contributed by atoms with E-state index >= 15 is 0 Å². The Kier molecular flexibility index (Phi) is 4.21. The van der Waals surface area contributed by atoms with Crippen LogP contribution in [0.1, 0.15) is 23.1 Å². The van der Waals surface area contributed by atoms with Crippen molar-refractivity contribution in [3.8, 4) is 0 Å². The molecular formula is C13H13F6NO. The molecule has 1 N–H and O–H groups in total. The van der Waals surface area contributed by atoms with Gasteiger partial charge < -0.3 is 5.11 Å². The first-order valence-electron chi connectivity index (χ1n) is 6.24.